The number of morpholine rings is 1. The lowest BCUT2D eigenvalue weighted by atomic mass is 10.2. The molecule has 3 rings (SSSR count). The first-order valence-corrected chi connectivity index (χ1v) is 10.6. The minimum Gasteiger partial charge on any atom is -0.378 e. The van der Waals surface area contributed by atoms with Gasteiger partial charge >= 0.3 is 0 Å². The number of aromatic nitrogens is 2. The van der Waals surface area contributed by atoms with E-state index in [0.717, 1.165) is 10.7 Å². The lowest BCUT2D eigenvalue weighted by Crippen LogP contribution is -2.41. The molecule has 0 radical (unpaired) electrons. The summed E-state index contributed by atoms with van der Waals surface area (Å²) in [6.07, 6.45) is 0. The molecule has 1 aromatic heterocycles. The summed E-state index contributed by atoms with van der Waals surface area (Å²) in [5, 5.41) is 1.30. The molecule has 1 aromatic carbocycles. The monoisotopic (exact) mass is 403 g/mol. The molecule has 1 fully saturated rings. The van der Waals surface area contributed by atoms with Crippen LogP contribution in [0.3, 0.4) is 0 Å². The average Bonchev–Trinajstić information content (AvgIpc) is 2.71. The van der Waals surface area contributed by atoms with Crippen LogP contribution in [-0.2, 0) is 9.53 Å². The van der Waals surface area contributed by atoms with Gasteiger partial charge in [-0.1, -0.05) is 53.9 Å². The average molecular weight is 404 g/mol. The number of amides is 1. The van der Waals surface area contributed by atoms with Gasteiger partial charge in [-0.3, -0.25) is 9.59 Å². The molecule has 0 atom stereocenters. The van der Waals surface area contributed by atoms with Crippen LogP contribution in [0.1, 0.15) is 16.1 Å². The smallest absolute Gasteiger partial charge is 0.233 e. The number of rotatable bonds is 7. The molecule has 1 aliphatic rings. The summed E-state index contributed by atoms with van der Waals surface area (Å²) in [5.41, 5.74) is 1.50. The predicted molar refractivity (Wildman–Crippen MR) is 106 cm³/mol. The van der Waals surface area contributed by atoms with Crippen molar-refractivity contribution in [3.8, 4) is 0 Å². The Morgan fingerprint density at radius 3 is 2.56 bits per heavy atom. The second-order valence-electron chi connectivity index (χ2n) is 5.99. The van der Waals surface area contributed by atoms with Gasteiger partial charge in [-0.15, -0.1) is 0 Å². The molecule has 0 bridgehead atoms. The second kappa shape index (κ2) is 9.87. The van der Waals surface area contributed by atoms with Gasteiger partial charge in [0.1, 0.15) is 5.03 Å². The minimum absolute atomic E-state index is 0.0439. The molecule has 0 aliphatic carbocycles. The molecule has 2 aromatic rings. The Balaban J connectivity index is 1.55. The highest BCUT2D eigenvalue weighted by atomic mass is 32.2. The molecule has 0 unspecified atom stereocenters. The third-order valence-corrected chi connectivity index (χ3v) is 5.69. The quantitative estimate of drug-likeness (QED) is 0.305. The van der Waals surface area contributed by atoms with E-state index in [1.807, 2.05) is 36.1 Å². The summed E-state index contributed by atoms with van der Waals surface area (Å²) < 4.78 is 5.27. The summed E-state index contributed by atoms with van der Waals surface area (Å²) >= 11 is 2.72. The molecule has 1 amide bonds. The number of ketones is 1. The van der Waals surface area contributed by atoms with Gasteiger partial charge in [-0.25, -0.2) is 9.97 Å². The fourth-order valence-corrected chi connectivity index (χ4v) is 4.24. The van der Waals surface area contributed by atoms with E-state index in [1.165, 1.54) is 23.5 Å². The van der Waals surface area contributed by atoms with E-state index in [1.54, 1.807) is 12.1 Å². The number of ether oxygens (including phenoxy) is 1. The lowest BCUT2D eigenvalue weighted by molar-refractivity contribution is -0.132. The molecule has 0 N–H and O–H groups in total. The Labute approximate surface area is 167 Å². The number of aryl methyl sites for hydroxylation is 1. The van der Waals surface area contributed by atoms with Crippen molar-refractivity contribution < 1.29 is 14.3 Å². The molecular weight excluding hydrogens is 382 g/mol. The maximum atomic E-state index is 12.3. The number of hydrogen-bond donors (Lipinski definition) is 0. The van der Waals surface area contributed by atoms with Crippen LogP contribution in [0.15, 0.2) is 46.6 Å². The van der Waals surface area contributed by atoms with Crippen molar-refractivity contribution in [2.24, 2.45) is 0 Å². The first kappa shape index (κ1) is 19.9. The lowest BCUT2D eigenvalue weighted by Gasteiger charge is -2.26. The predicted octanol–water partition coefficient (Wildman–Crippen LogP) is 2.71. The molecule has 27 heavy (non-hydrogen) atoms. The van der Waals surface area contributed by atoms with Crippen molar-refractivity contribution in [3.63, 3.8) is 0 Å². The number of hydrogen-bond acceptors (Lipinski definition) is 7. The fourth-order valence-electron chi connectivity index (χ4n) is 2.53. The molecule has 142 valence electrons. The second-order valence-corrected chi connectivity index (χ2v) is 7.93. The van der Waals surface area contributed by atoms with Crippen LogP contribution in [0.2, 0.25) is 0 Å². The molecule has 8 heteroatoms. The van der Waals surface area contributed by atoms with Crippen LogP contribution in [0.25, 0.3) is 0 Å². The van der Waals surface area contributed by atoms with Gasteiger partial charge in [0.05, 0.1) is 24.7 Å². The van der Waals surface area contributed by atoms with Gasteiger partial charge < -0.3 is 9.64 Å². The van der Waals surface area contributed by atoms with E-state index >= 15 is 0 Å². The van der Waals surface area contributed by atoms with Crippen LogP contribution in [-0.4, -0.2) is 64.4 Å². The van der Waals surface area contributed by atoms with Crippen LogP contribution in [0.4, 0.5) is 0 Å². The third kappa shape index (κ3) is 6.05. The Kier molecular flexibility index (Phi) is 7.25. The van der Waals surface area contributed by atoms with Crippen molar-refractivity contribution in [2.45, 2.75) is 17.1 Å². The van der Waals surface area contributed by atoms with Gasteiger partial charge in [-0.05, 0) is 13.0 Å². The van der Waals surface area contributed by atoms with Crippen molar-refractivity contribution in [3.05, 3.63) is 47.7 Å². The van der Waals surface area contributed by atoms with E-state index in [0.29, 0.717) is 42.8 Å². The summed E-state index contributed by atoms with van der Waals surface area (Å²) in [7, 11) is 0. The summed E-state index contributed by atoms with van der Waals surface area (Å²) in [5.74, 6) is 0.753. The van der Waals surface area contributed by atoms with Gasteiger partial charge in [0, 0.05) is 24.3 Å². The number of Topliss-reactive ketones (excluding diaryl/α,β-unsaturated/α-hetero) is 1. The highest BCUT2D eigenvalue weighted by Gasteiger charge is 2.17. The fraction of sp³-hybridized carbons (Fsp3) is 0.368. The first-order chi connectivity index (χ1) is 13.1. The van der Waals surface area contributed by atoms with E-state index in [2.05, 4.69) is 9.97 Å². The SMILES string of the molecule is Cc1cc(SCC(=O)N2CCOCC2)nc(SCC(=O)c2ccccc2)n1. The van der Waals surface area contributed by atoms with Gasteiger partial charge in [-0.2, -0.15) is 0 Å². The van der Waals surface area contributed by atoms with Crippen LogP contribution < -0.4 is 0 Å². The Morgan fingerprint density at radius 1 is 1.07 bits per heavy atom. The highest BCUT2D eigenvalue weighted by molar-refractivity contribution is 8.00. The summed E-state index contributed by atoms with van der Waals surface area (Å²) in [6, 6.07) is 11.1. The minimum atomic E-state index is 0.0439. The van der Waals surface area contributed by atoms with Crippen molar-refractivity contribution in [2.75, 3.05) is 37.8 Å². The Hall–Kier alpha value is -1.90. The summed E-state index contributed by atoms with van der Waals surface area (Å²) in [4.78, 5) is 35.2. The molecule has 6 nitrogen and oxygen atoms in total. The number of carbonyl (C=O) groups excluding carboxylic acids is 2. The molecule has 1 aliphatic heterocycles. The number of thioether (sulfide) groups is 2. The van der Waals surface area contributed by atoms with E-state index in [9.17, 15) is 9.59 Å². The number of carbonyl (C=O) groups is 2. The van der Waals surface area contributed by atoms with Crippen molar-refractivity contribution >= 4 is 35.2 Å². The molecule has 0 saturated carbocycles. The number of benzene rings is 1. The van der Waals surface area contributed by atoms with Crippen LogP contribution >= 0.6 is 23.5 Å². The molecule has 1 saturated heterocycles. The van der Waals surface area contributed by atoms with Gasteiger partial charge in [0.2, 0.25) is 5.91 Å². The van der Waals surface area contributed by atoms with E-state index < -0.39 is 0 Å². The first-order valence-electron chi connectivity index (χ1n) is 8.67. The molecule has 0 spiro atoms. The number of nitrogens with zero attached hydrogens (tertiary/aromatic N) is 3. The van der Waals surface area contributed by atoms with E-state index in [-0.39, 0.29) is 17.4 Å². The van der Waals surface area contributed by atoms with Crippen LogP contribution in [0, 0.1) is 6.92 Å². The summed E-state index contributed by atoms with van der Waals surface area (Å²) in [6.45, 7) is 4.37. The maximum absolute atomic E-state index is 12.3. The van der Waals surface area contributed by atoms with Crippen molar-refractivity contribution in [1.29, 1.82) is 0 Å². The van der Waals surface area contributed by atoms with Gasteiger partial charge in [0.15, 0.2) is 10.9 Å². The zero-order valence-corrected chi connectivity index (χ0v) is 16.7. The third-order valence-electron chi connectivity index (χ3n) is 3.95. The zero-order valence-electron chi connectivity index (χ0n) is 15.1. The van der Waals surface area contributed by atoms with E-state index in [4.69, 9.17) is 4.74 Å². The maximum Gasteiger partial charge on any atom is 0.233 e. The standard InChI is InChI=1S/C19H21N3O3S2/c1-14-11-17(26-13-18(24)22-7-9-25-10-8-22)21-19(20-14)27-12-16(23)15-5-3-2-4-6-15/h2-6,11H,7-10,12-13H2,1H3. The molecular formula is C19H21N3O3S2. The van der Waals surface area contributed by atoms with Gasteiger partial charge in [0.25, 0.3) is 0 Å². The Morgan fingerprint density at radius 2 is 1.81 bits per heavy atom. The highest BCUT2D eigenvalue weighted by Crippen LogP contribution is 2.22. The molecule has 2 heterocycles. The van der Waals surface area contributed by atoms with Crippen LogP contribution in [0.5, 0.6) is 0 Å². The topological polar surface area (TPSA) is 72.4 Å². The zero-order chi connectivity index (χ0) is 19.1. The van der Waals surface area contributed by atoms with Crippen molar-refractivity contribution in [1.82, 2.24) is 14.9 Å². The Bertz CT molecular complexity index is 796. The normalized spacial score (nSPS) is 14.2. The largest absolute Gasteiger partial charge is 0.378 e.